The minimum absolute atomic E-state index is 0.164. The number of fused-ring (bicyclic) bond motifs is 1. The second kappa shape index (κ2) is 6.42. The molecule has 1 fully saturated rings. The number of anilines is 1. The fourth-order valence-electron chi connectivity index (χ4n) is 3.22. The lowest BCUT2D eigenvalue weighted by Gasteiger charge is -2.26. The second-order valence-corrected chi connectivity index (χ2v) is 6.73. The van der Waals surface area contributed by atoms with Crippen molar-refractivity contribution < 1.29 is 5.11 Å². The van der Waals surface area contributed by atoms with E-state index in [0.717, 1.165) is 48.1 Å². The molecule has 1 aliphatic carbocycles. The van der Waals surface area contributed by atoms with Gasteiger partial charge in [-0.05, 0) is 43.9 Å². The van der Waals surface area contributed by atoms with E-state index in [1.807, 2.05) is 36.5 Å². The predicted molar refractivity (Wildman–Crippen MR) is 96.2 cm³/mol. The quantitative estimate of drug-likeness (QED) is 0.672. The van der Waals surface area contributed by atoms with E-state index < -0.39 is 0 Å². The summed E-state index contributed by atoms with van der Waals surface area (Å²) in [6, 6.07) is 9.87. The van der Waals surface area contributed by atoms with Gasteiger partial charge in [0, 0.05) is 22.8 Å². The topological polar surface area (TPSA) is 73.8 Å². The number of benzene rings is 1. The van der Waals surface area contributed by atoms with Gasteiger partial charge in [0.15, 0.2) is 5.82 Å². The van der Waals surface area contributed by atoms with Crippen molar-refractivity contribution in [1.82, 2.24) is 15.0 Å². The highest BCUT2D eigenvalue weighted by Gasteiger charge is 2.21. The Hall–Kier alpha value is -2.11. The van der Waals surface area contributed by atoms with Gasteiger partial charge in [-0.1, -0.05) is 23.7 Å². The third-order valence-electron chi connectivity index (χ3n) is 4.54. The lowest BCUT2D eigenvalue weighted by atomic mass is 9.93. The van der Waals surface area contributed by atoms with Crippen LogP contribution in [0.2, 0.25) is 5.02 Å². The third kappa shape index (κ3) is 3.09. The molecule has 3 N–H and O–H groups in total. The molecule has 0 bridgehead atoms. The van der Waals surface area contributed by atoms with E-state index in [1.165, 1.54) is 0 Å². The number of aromatic amines is 1. The largest absolute Gasteiger partial charge is 0.393 e. The first-order valence-electron chi connectivity index (χ1n) is 8.25. The number of aliphatic hydroxyl groups is 1. The molecule has 2 aromatic heterocycles. The molecule has 0 saturated heterocycles. The van der Waals surface area contributed by atoms with Gasteiger partial charge in [-0.15, -0.1) is 0 Å². The second-order valence-electron chi connectivity index (χ2n) is 6.30. The van der Waals surface area contributed by atoms with Crippen LogP contribution in [-0.2, 0) is 0 Å². The summed E-state index contributed by atoms with van der Waals surface area (Å²) in [5.41, 5.74) is 1.69. The number of aliphatic hydroxyl groups excluding tert-OH is 1. The van der Waals surface area contributed by atoms with Crippen LogP contribution >= 0.6 is 11.6 Å². The minimum atomic E-state index is -0.164. The lowest BCUT2D eigenvalue weighted by Crippen LogP contribution is -2.28. The molecule has 124 valence electrons. The zero-order valence-corrected chi connectivity index (χ0v) is 13.9. The van der Waals surface area contributed by atoms with Crippen LogP contribution in [-0.4, -0.2) is 32.2 Å². The molecular formula is C18H19ClN4O. The van der Waals surface area contributed by atoms with Crippen molar-refractivity contribution in [3.63, 3.8) is 0 Å². The summed E-state index contributed by atoms with van der Waals surface area (Å²) in [4.78, 5) is 12.5. The van der Waals surface area contributed by atoms with Crippen molar-refractivity contribution in [3.8, 4) is 11.4 Å². The van der Waals surface area contributed by atoms with Gasteiger partial charge in [-0.3, -0.25) is 0 Å². The van der Waals surface area contributed by atoms with E-state index >= 15 is 0 Å². The Morgan fingerprint density at radius 3 is 2.75 bits per heavy atom. The zero-order chi connectivity index (χ0) is 16.5. The first-order chi connectivity index (χ1) is 11.7. The first kappa shape index (κ1) is 15.4. The van der Waals surface area contributed by atoms with Gasteiger partial charge in [0.05, 0.1) is 11.5 Å². The smallest absolute Gasteiger partial charge is 0.163 e. The molecule has 1 aliphatic rings. The number of nitrogens with one attached hydrogen (secondary N) is 2. The summed E-state index contributed by atoms with van der Waals surface area (Å²) in [6.07, 6.45) is 5.27. The Balaban J connectivity index is 1.70. The summed E-state index contributed by atoms with van der Waals surface area (Å²) in [5.74, 6) is 1.48. The summed E-state index contributed by atoms with van der Waals surface area (Å²) in [6.45, 7) is 0. The Morgan fingerprint density at radius 1 is 1.12 bits per heavy atom. The molecule has 2 heterocycles. The molecule has 4 rings (SSSR count). The van der Waals surface area contributed by atoms with Crippen molar-refractivity contribution in [2.24, 2.45) is 0 Å². The average molecular weight is 343 g/mol. The standard InChI is InChI=1S/C18H19ClN4O/c19-12-3-1-2-11(10-12)16-22-17-15(8-9-20-17)18(23-16)21-13-4-6-14(24)7-5-13/h1-3,8-10,13-14,24H,4-7H2,(H2,20,21,22,23)/t13-,14-. The SMILES string of the molecule is O[C@H]1CC[C@H](Nc2nc(-c3cccc(Cl)c3)nc3[nH]ccc23)CC1. The highest BCUT2D eigenvalue weighted by atomic mass is 35.5. The van der Waals surface area contributed by atoms with Gasteiger partial charge in [0.2, 0.25) is 0 Å². The third-order valence-corrected chi connectivity index (χ3v) is 4.77. The maximum Gasteiger partial charge on any atom is 0.163 e. The van der Waals surface area contributed by atoms with E-state index in [-0.39, 0.29) is 6.10 Å². The monoisotopic (exact) mass is 342 g/mol. The number of aromatic nitrogens is 3. The van der Waals surface area contributed by atoms with Crippen molar-refractivity contribution >= 4 is 28.5 Å². The van der Waals surface area contributed by atoms with E-state index in [4.69, 9.17) is 16.6 Å². The van der Waals surface area contributed by atoms with Crippen LogP contribution in [0.5, 0.6) is 0 Å². The van der Waals surface area contributed by atoms with E-state index in [9.17, 15) is 5.11 Å². The fourth-order valence-corrected chi connectivity index (χ4v) is 3.41. The van der Waals surface area contributed by atoms with E-state index in [2.05, 4.69) is 15.3 Å². The van der Waals surface area contributed by atoms with Crippen LogP contribution in [0.4, 0.5) is 5.82 Å². The molecule has 0 amide bonds. The Labute approximate surface area is 145 Å². The van der Waals surface area contributed by atoms with Gasteiger partial charge in [-0.25, -0.2) is 9.97 Å². The van der Waals surface area contributed by atoms with Gasteiger partial charge in [0.25, 0.3) is 0 Å². The highest BCUT2D eigenvalue weighted by Crippen LogP contribution is 2.28. The number of rotatable bonds is 3. The van der Waals surface area contributed by atoms with E-state index in [0.29, 0.717) is 16.9 Å². The lowest BCUT2D eigenvalue weighted by molar-refractivity contribution is 0.126. The van der Waals surface area contributed by atoms with Crippen LogP contribution in [0, 0.1) is 0 Å². The normalized spacial score (nSPS) is 21.1. The molecule has 6 heteroatoms. The number of halogens is 1. The predicted octanol–water partition coefficient (Wildman–Crippen LogP) is 3.99. The average Bonchev–Trinajstić information content (AvgIpc) is 3.06. The van der Waals surface area contributed by atoms with Crippen molar-refractivity contribution in [2.75, 3.05) is 5.32 Å². The maximum absolute atomic E-state index is 9.68. The minimum Gasteiger partial charge on any atom is -0.393 e. The van der Waals surface area contributed by atoms with Crippen molar-refractivity contribution in [1.29, 1.82) is 0 Å². The Morgan fingerprint density at radius 2 is 1.96 bits per heavy atom. The summed E-state index contributed by atoms with van der Waals surface area (Å²) >= 11 is 6.10. The van der Waals surface area contributed by atoms with Gasteiger partial charge in [-0.2, -0.15) is 0 Å². The van der Waals surface area contributed by atoms with Crippen molar-refractivity contribution in [2.45, 2.75) is 37.8 Å². The maximum atomic E-state index is 9.68. The molecule has 0 atom stereocenters. The molecule has 5 nitrogen and oxygen atoms in total. The Kier molecular flexibility index (Phi) is 4.12. The number of hydrogen-bond acceptors (Lipinski definition) is 4. The first-order valence-corrected chi connectivity index (χ1v) is 8.62. The molecule has 1 saturated carbocycles. The molecule has 0 aliphatic heterocycles. The number of nitrogens with zero attached hydrogens (tertiary/aromatic N) is 2. The highest BCUT2D eigenvalue weighted by molar-refractivity contribution is 6.30. The Bertz CT molecular complexity index is 855. The van der Waals surface area contributed by atoms with Crippen LogP contribution < -0.4 is 5.32 Å². The van der Waals surface area contributed by atoms with E-state index in [1.54, 1.807) is 0 Å². The van der Waals surface area contributed by atoms with Crippen LogP contribution in [0.15, 0.2) is 36.5 Å². The molecular weight excluding hydrogens is 324 g/mol. The zero-order valence-electron chi connectivity index (χ0n) is 13.2. The summed E-state index contributed by atoms with van der Waals surface area (Å²) in [5, 5.41) is 14.9. The summed E-state index contributed by atoms with van der Waals surface area (Å²) < 4.78 is 0. The summed E-state index contributed by atoms with van der Waals surface area (Å²) in [7, 11) is 0. The van der Waals surface area contributed by atoms with Crippen LogP contribution in [0.25, 0.3) is 22.4 Å². The van der Waals surface area contributed by atoms with Gasteiger partial charge in [0.1, 0.15) is 11.5 Å². The number of hydrogen-bond donors (Lipinski definition) is 3. The van der Waals surface area contributed by atoms with Crippen LogP contribution in [0.3, 0.4) is 0 Å². The van der Waals surface area contributed by atoms with Crippen LogP contribution in [0.1, 0.15) is 25.7 Å². The van der Waals surface area contributed by atoms with Gasteiger partial charge < -0.3 is 15.4 Å². The molecule has 0 radical (unpaired) electrons. The molecule has 24 heavy (non-hydrogen) atoms. The molecule has 0 spiro atoms. The molecule has 3 aromatic rings. The number of H-pyrrole nitrogens is 1. The molecule has 0 unspecified atom stereocenters. The molecule has 1 aromatic carbocycles. The fraction of sp³-hybridized carbons (Fsp3) is 0.333. The van der Waals surface area contributed by atoms with Crippen molar-refractivity contribution in [3.05, 3.63) is 41.6 Å². The van der Waals surface area contributed by atoms with Gasteiger partial charge >= 0.3 is 0 Å².